The summed E-state index contributed by atoms with van der Waals surface area (Å²) in [5.74, 6) is -0.910. The van der Waals surface area contributed by atoms with E-state index >= 15 is 0 Å². The van der Waals surface area contributed by atoms with Crippen molar-refractivity contribution < 1.29 is 18.3 Å². The van der Waals surface area contributed by atoms with Crippen LogP contribution in [0.3, 0.4) is 0 Å². The Balaban J connectivity index is 2.00. The van der Waals surface area contributed by atoms with E-state index in [2.05, 4.69) is 5.32 Å². The highest BCUT2D eigenvalue weighted by molar-refractivity contribution is 7.91. The molecule has 0 unspecified atom stereocenters. The third kappa shape index (κ3) is 4.72. The fourth-order valence-corrected chi connectivity index (χ4v) is 3.96. The number of carboxylic acids is 1. The zero-order valence-corrected chi connectivity index (χ0v) is 15.4. The molecule has 1 aliphatic rings. The van der Waals surface area contributed by atoms with Crippen LogP contribution in [-0.4, -0.2) is 30.3 Å². The molecule has 0 heterocycles. The molecule has 0 amide bonds. The number of nitrogens with one attached hydrogen (secondary N) is 1. The Kier molecular flexibility index (Phi) is 5.58. The zero-order valence-electron chi connectivity index (χ0n) is 14.6. The Morgan fingerprint density at radius 3 is 2.38 bits per heavy atom. The van der Waals surface area contributed by atoms with Crippen molar-refractivity contribution in [1.29, 1.82) is 0 Å². The van der Waals surface area contributed by atoms with Crippen molar-refractivity contribution in [3.63, 3.8) is 0 Å². The number of hydrogen-bond acceptors (Lipinski definition) is 4. The van der Waals surface area contributed by atoms with E-state index in [1.807, 2.05) is 24.3 Å². The SMILES string of the molecule is CC(C)(C)S(=O)(=O)Cc1cccc(NC2CCC(C(=O)O)CC2)c1. The van der Waals surface area contributed by atoms with Crippen LogP contribution in [0.5, 0.6) is 0 Å². The van der Waals surface area contributed by atoms with Crippen LogP contribution in [0.2, 0.25) is 0 Å². The first-order chi connectivity index (χ1) is 11.1. The number of anilines is 1. The van der Waals surface area contributed by atoms with E-state index in [-0.39, 0.29) is 17.7 Å². The van der Waals surface area contributed by atoms with Gasteiger partial charge in [0.2, 0.25) is 0 Å². The van der Waals surface area contributed by atoms with Crippen LogP contribution in [0, 0.1) is 5.92 Å². The van der Waals surface area contributed by atoms with Crippen LogP contribution >= 0.6 is 0 Å². The van der Waals surface area contributed by atoms with Gasteiger partial charge in [-0.2, -0.15) is 0 Å². The second-order valence-electron chi connectivity index (χ2n) is 7.60. The summed E-state index contributed by atoms with van der Waals surface area (Å²) in [7, 11) is -3.21. The highest BCUT2D eigenvalue weighted by Crippen LogP contribution is 2.28. The van der Waals surface area contributed by atoms with Crippen molar-refractivity contribution in [2.75, 3.05) is 5.32 Å². The van der Waals surface area contributed by atoms with Gasteiger partial charge in [-0.25, -0.2) is 8.42 Å². The van der Waals surface area contributed by atoms with Gasteiger partial charge in [0.1, 0.15) is 0 Å². The lowest BCUT2D eigenvalue weighted by Gasteiger charge is -2.27. The first-order valence-corrected chi connectivity index (χ1v) is 10.0. The normalized spacial score (nSPS) is 22.1. The van der Waals surface area contributed by atoms with E-state index in [9.17, 15) is 13.2 Å². The maximum Gasteiger partial charge on any atom is 0.306 e. The van der Waals surface area contributed by atoms with E-state index in [4.69, 9.17) is 5.11 Å². The van der Waals surface area contributed by atoms with Gasteiger partial charge < -0.3 is 10.4 Å². The Hall–Kier alpha value is -1.56. The maximum atomic E-state index is 12.3. The summed E-state index contributed by atoms with van der Waals surface area (Å²) in [6, 6.07) is 7.74. The van der Waals surface area contributed by atoms with Crippen LogP contribution < -0.4 is 5.32 Å². The Morgan fingerprint density at radius 2 is 1.83 bits per heavy atom. The van der Waals surface area contributed by atoms with Crippen LogP contribution in [0.25, 0.3) is 0 Å². The maximum absolute atomic E-state index is 12.3. The van der Waals surface area contributed by atoms with Crippen LogP contribution in [-0.2, 0) is 20.4 Å². The van der Waals surface area contributed by atoms with Crippen LogP contribution in [0.15, 0.2) is 24.3 Å². The molecule has 1 aromatic carbocycles. The molecule has 1 aliphatic carbocycles. The Morgan fingerprint density at radius 1 is 1.21 bits per heavy atom. The lowest BCUT2D eigenvalue weighted by molar-refractivity contribution is -0.142. The molecule has 134 valence electrons. The number of benzene rings is 1. The number of carbonyl (C=O) groups is 1. The van der Waals surface area contributed by atoms with Crippen molar-refractivity contribution in [3.05, 3.63) is 29.8 Å². The molecule has 2 rings (SSSR count). The summed E-state index contributed by atoms with van der Waals surface area (Å²) in [5.41, 5.74) is 1.67. The summed E-state index contributed by atoms with van der Waals surface area (Å²) in [6.07, 6.45) is 3.01. The van der Waals surface area contributed by atoms with E-state index in [1.165, 1.54) is 0 Å². The van der Waals surface area contributed by atoms with Crippen LogP contribution in [0.4, 0.5) is 5.69 Å². The average Bonchev–Trinajstić information content (AvgIpc) is 2.46. The van der Waals surface area contributed by atoms with E-state index in [1.54, 1.807) is 20.8 Å². The first kappa shape index (κ1) is 18.8. The molecule has 0 saturated heterocycles. The molecule has 0 radical (unpaired) electrons. The second-order valence-corrected chi connectivity index (χ2v) is 10.3. The number of aliphatic carboxylic acids is 1. The molecule has 0 aromatic heterocycles. The van der Waals surface area contributed by atoms with E-state index in [0.717, 1.165) is 24.1 Å². The molecule has 0 spiro atoms. The number of carboxylic acid groups (broad SMARTS) is 1. The summed E-state index contributed by atoms with van der Waals surface area (Å²) < 4.78 is 23.9. The number of hydrogen-bond donors (Lipinski definition) is 2. The molecule has 1 saturated carbocycles. The highest BCUT2D eigenvalue weighted by Gasteiger charge is 2.29. The summed E-state index contributed by atoms with van der Waals surface area (Å²) in [6.45, 7) is 5.14. The third-order valence-electron chi connectivity index (χ3n) is 4.66. The average molecular weight is 353 g/mol. The first-order valence-electron chi connectivity index (χ1n) is 8.39. The minimum absolute atomic E-state index is 0.0256. The monoisotopic (exact) mass is 353 g/mol. The van der Waals surface area contributed by atoms with Gasteiger partial charge in [0.15, 0.2) is 9.84 Å². The van der Waals surface area contributed by atoms with E-state index < -0.39 is 20.6 Å². The molecule has 1 fully saturated rings. The largest absolute Gasteiger partial charge is 0.481 e. The molecule has 0 bridgehead atoms. The topological polar surface area (TPSA) is 83.5 Å². The van der Waals surface area contributed by atoms with Gasteiger partial charge in [-0.05, 0) is 64.2 Å². The standard InChI is InChI=1S/C18H27NO4S/c1-18(2,3)24(22,23)12-13-5-4-6-16(11-13)19-15-9-7-14(8-10-15)17(20)21/h4-6,11,14-15,19H,7-10,12H2,1-3H3,(H,20,21). The fourth-order valence-electron chi connectivity index (χ4n) is 2.91. The summed E-state index contributed by atoms with van der Waals surface area (Å²) in [5, 5.41) is 12.5. The third-order valence-corrected chi connectivity index (χ3v) is 7.24. The van der Waals surface area contributed by atoms with Crippen molar-refractivity contribution in [2.24, 2.45) is 5.92 Å². The van der Waals surface area contributed by atoms with Crippen molar-refractivity contribution >= 4 is 21.5 Å². The van der Waals surface area contributed by atoms with Crippen molar-refractivity contribution in [2.45, 2.75) is 63.0 Å². The molecule has 24 heavy (non-hydrogen) atoms. The molecular formula is C18H27NO4S. The predicted molar refractivity (Wildman–Crippen MR) is 95.8 cm³/mol. The molecule has 6 heteroatoms. The number of sulfone groups is 1. The van der Waals surface area contributed by atoms with Gasteiger partial charge >= 0.3 is 5.97 Å². The second kappa shape index (κ2) is 7.13. The summed E-state index contributed by atoms with van der Waals surface area (Å²) >= 11 is 0. The zero-order chi connectivity index (χ0) is 18.0. The molecular weight excluding hydrogens is 326 g/mol. The quantitative estimate of drug-likeness (QED) is 0.847. The lowest BCUT2D eigenvalue weighted by atomic mass is 9.86. The number of rotatable bonds is 5. The van der Waals surface area contributed by atoms with Gasteiger partial charge in [0.25, 0.3) is 0 Å². The molecule has 5 nitrogen and oxygen atoms in total. The predicted octanol–water partition coefficient (Wildman–Crippen LogP) is 3.46. The minimum Gasteiger partial charge on any atom is -0.481 e. The molecule has 2 N–H and O–H groups in total. The fraction of sp³-hybridized carbons (Fsp3) is 0.611. The van der Waals surface area contributed by atoms with Crippen molar-refractivity contribution in [3.8, 4) is 0 Å². The van der Waals surface area contributed by atoms with Gasteiger partial charge in [-0.15, -0.1) is 0 Å². The lowest BCUT2D eigenvalue weighted by Crippen LogP contribution is -2.30. The van der Waals surface area contributed by atoms with Gasteiger partial charge in [-0.3, -0.25) is 4.79 Å². The van der Waals surface area contributed by atoms with Gasteiger partial charge in [-0.1, -0.05) is 12.1 Å². The molecule has 0 atom stereocenters. The van der Waals surface area contributed by atoms with Gasteiger partial charge in [0, 0.05) is 11.7 Å². The molecule has 1 aromatic rings. The van der Waals surface area contributed by atoms with E-state index in [0.29, 0.717) is 12.8 Å². The minimum atomic E-state index is -3.21. The van der Waals surface area contributed by atoms with Gasteiger partial charge in [0.05, 0.1) is 16.4 Å². The summed E-state index contributed by atoms with van der Waals surface area (Å²) in [4.78, 5) is 11.0. The highest BCUT2D eigenvalue weighted by atomic mass is 32.2. The molecule has 0 aliphatic heterocycles. The van der Waals surface area contributed by atoms with Crippen LogP contribution in [0.1, 0.15) is 52.0 Å². The Labute approximate surface area is 144 Å². The Bertz CT molecular complexity index is 683. The smallest absolute Gasteiger partial charge is 0.306 e. The van der Waals surface area contributed by atoms with Crippen molar-refractivity contribution in [1.82, 2.24) is 0 Å².